The summed E-state index contributed by atoms with van der Waals surface area (Å²) in [5, 5.41) is 3.29. The van der Waals surface area contributed by atoms with Gasteiger partial charge in [0.25, 0.3) is 0 Å². The van der Waals surface area contributed by atoms with Crippen LogP contribution in [0.2, 0.25) is 0 Å². The lowest BCUT2D eigenvalue weighted by Crippen LogP contribution is -2.17. The minimum Gasteiger partial charge on any atom is -0.391 e. The molecule has 0 saturated carbocycles. The van der Waals surface area contributed by atoms with Crippen molar-refractivity contribution in [1.82, 2.24) is 5.32 Å². The minimum atomic E-state index is -0.136. The molecule has 22 heavy (non-hydrogen) atoms. The molecular weight excluding hydrogens is 277 g/mol. The summed E-state index contributed by atoms with van der Waals surface area (Å²) < 4.78 is 13.9. The Kier molecular flexibility index (Phi) is 5.53. The average Bonchev–Trinajstić information content (AvgIpc) is 2.94. The van der Waals surface area contributed by atoms with Crippen LogP contribution >= 0.6 is 0 Å². The van der Waals surface area contributed by atoms with Gasteiger partial charge in [0.15, 0.2) is 0 Å². The van der Waals surface area contributed by atoms with Gasteiger partial charge in [-0.2, -0.15) is 0 Å². The predicted octanol–water partition coefficient (Wildman–Crippen LogP) is 4.39. The van der Waals surface area contributed by atoms with Crippen molar-refractivity contribution >= 4 is 6.29 Å². The van der Waals surface area contributed by atoms with E-state index in [2.05, 4.69) is 25.2 Å². The van der Waals surface area contributed by atoms with E-state index in [0.29, 0.717) is 6.42 Å². The number of unbranched alkanes of at least 4 members (excludes halogenated alkanes) is 1. The highest BCUT2D eigenvalue weighted by Crippen LogP contribution is 2.38. The number of allylic oxidation sites excluding steroid dienone is 9. The van der Waals surface area contributed by atoms with Crippen molar-refractivity contribution in [3.05, 3.63) is 58.6 Å². The number of carbonyl (C=O) groups is 1. The van der Waals surface area contributed by atoms with Crippen molar-refractivity contribution in [3.63, 3.8) is 0 Å². The average molecular weight is 301 g/mol. The van der Waals surface area contributed by atoms with E-state index in [0.717, 1.165) is 30.3 Å². The third-order valence-electron chi connectivity index (χ3n) is 4.43. The zero-order chi connectivity index (χ0) is 16.1. The quantitative estimate of drug-likeness (QED) is 0.558. The van der Waals surface area contributed by atoms with Crippen molar-refractivity contribution in [2.45, 2.75) is 33.1 Å². The Balaban J connectivity index is 2.18. The minimum absolute atomic E-state index is 0.0657. The highest BCUT2D eigenvalue weighted by atomic mass is 19.1. The largest absolute Gasteiger partial charge is 0.391 e. The summed E-state index contributed by atoms with van der Waals surface area (Å²) in [7, 11) is 1.92. The molecule has 0 aromatic rings. The molecule has 2 nitrogen and oxygen atoms in total. The Morgan fingerprint density at radius 2 is 2.27 bits per heavy atom. The number of aldehydes is 1. The smallest absolute Gasteiger partial charge is 0.127 e. The number of rotatable bonds is 7. The summed E-state index contributed by atoms with van der Waals surface area (Å²) in [5.74, 6) is 0.125. The second kappa shape index (κ2) is 7.39. The second-order valence-corrected chi connectivity index (χ2v) is 5.92. The highest BCUT2D eigenvalue weighted by Gasteiger charge is 2.26. The van der Waals surface area contributed by atoms with Crippen LogP contribution in [0.3, 0.4) is 0 Å². The van der Waals surface area contributed by atoms with Gasteiger partial charge in [0.1, 0.15) is 12.1 Å². The van der Waals surface area contributed by atoms with Gasteiger partial charge in [0.05, 0.1) is 0 Å². The molecular formula is C19H24FNO. The van der Waals surface area contributed by atoms with Gasteiger partial charge >= 0.3 is 0 Å². The molecule has 0 spiro atoms. The van der Waals surface area contributed by atoms with Gasteiger partial charge in [-0.3, -0.25) is 0 Å². The molecule has 0 aliphatic heterocycles. The molecule has 1 unspecified atom stereocenters. The van der Waals surface area contributed by atoms with E-state index in [1.807, 2.05) is 19.2 Å². The highest BCUT2D eigenvalue weighted by molar-refractivity contribution is 5.52. The van der Waals surface area contributed by atoms with Gasteiger partial charge in [-0.25, -0.2) is 4.39 Å². The molecule has 0 fully saturated rings. The molecule has 3 heteroatoms. The molecule has 1 N–H and O–H groups in total. The summed E-state index contributed by atoms with van der Waals surface area (Å²) >= 11 is 0. The fourth-order valence-corrected chi connectivity index (χ4v) is 3.19. The second-order valence-electron chi connectivity index (χ2n) is 5.92. The molecule has 0 amide bonds. The molecule has 2 aliphatic rings. The summed E-state index contributed by atoms with van der Waals surface area (Å²) in [4.78, 5) is 10.4. The van der Waals surface area contributed by atoms with Gasteiger partial charge in [-0.05, 0) is 37.0 Å². The SMILES string of the molecule is CN/C(=C(\C)CCCC=O)[C@H](C)C1=CC2C=CC=C(F)C2=C1. The van der Waals surface area contributed by atoms with Crippen LogP contribution in [0.25, 0.3) is 0 Å². The number of nitrogens with one attached hydrogen (secondary N) is 1. The van der Waals surface area contributed by atoms with Crippen LogP contribution < -0.4 is 5.32 Å². The predicted molar refractivity (Wildman–Crippen MR) is 88.8 cm³/mol. The van der Waals surface area contributed by atoms with Crippen LogP contribution in [-0.4, -0.2) is 13.3 Å². The first-order valence-corrected chi connectivity index (χ1v) is 7.87. The Hall–Kier alpha value is -1.90. The van der Waals surface area contributed by atoms with E-state index in [1.165, 1.54) is 17.3 Å². The van der Waals surface area contributed by atoms with Crippen molar-refractivity contribution in [2.75, 3.05) is 7.05 Å². The lowest BCUT2D eigenvalue weighted by molar-refractivity contribution is -0.107. The molecule has 0 bridgehead atoms. The van der Waals surface area contributed by atoms with Crippen LogP contribution in [-0.2, 0) is 4.79 Å². The van der Waals surface area contributed by atoms with Gasteiger partial charge in [-0.15, -0.1) is 0 Å². The van der Waals surface area contributed by atoms with E-state index >= 15 is 0 Å². The van der Waals surface area contributed by atoms with Crippen LogP contribution in [0.4, 0.5) is 4.39 Å². The van der Waals surface area contributed by atoms with Gasteiger partial charge in [0, 0.05) is 31.0 Å². The molecule has 2 aliphatic carbocycles. The Labute approximate surface area is 132 Å². The Morgan fingerprint density at radius 1 is 1.50 bits per heavy atom. The molecule has 118 valence electrons. The van der Waals surface area contributed by atoms with Crippen molar-refractivity contribution in [1.29, 1.82) is 0 Å². The number of hydrogen-bond acceptors (Lipinski definition) is 2. The fraction of sp³-hybridized carbons (Fsp3) is 0.421. The summed E-state index contributed by atoms with van der Waals surface area (Å²) in [6.45, 7) is 4.24. The van der Waals surface area contributed by atoms with Crippen molar-refractivity contribution in [3.8, 4) is 0 Å². The van der Waals surface area contributed by atoms with Crippen molar-refractivity contribution in [2.24, 2.45) is 11.8 Å². The van der Waals surface area contributed by atoms with Gasteiger partial charge in [0.2, 0.25) is 0 Å². The van der Waals surface area contributed by atoms with E-state index in [4.69, 9.17) is 0 Å². The van der Waals surface area contributed by atoms with E-state index < -0.39 is 0 Å². The summed E-state index contributed by atoms with van der Waals surface area (Å²) in [6.07, 6.45) is 12.8. The monoisotopic (exact) mass is 301 g/mol. The number of halogens is 1. The number of carbonyl (C=O) groups excluding carboxylic acids is 1. The molecule has 0 aromatic carbocycles. The number of fused-ring (bicyclic) bond motifs is 1. The van der Waals surface area contributed by atoms with E-state index in [9.17, 15) is 9.18 Å². The molecule has 0 heterocycles. The Bertz CT molecular complexity index is 593. The standard InChI is InChI=1S/C19H24FNO/c1-13(7-4-5-10-22)19(21-3)14(2)16-11-15-8-6-9-18(20)17(15)12-16/h6,8-12,14-15,21H,4-5,7H2,1-3H3/b19-13+/t14-,15?/m1/s1. The van der Waals surface area contributed by atoms with Gasteiger partial charge < -0.3 is 10.1 Å². The third kappa shape index (κ3) is 3.46. The maximum atomic E-state index is 13.9. The first-order chi connectivity index (χ1) is 10.6. The summed E-state index contributed by atoms with van der Waals surface area (Å²) in [6, 6.07) is 0. The normalized spacial score (nSPS) is 22.2. The first kappa shape index (κ1) is 16.5. The molecule has 2 atom stereocenters. The fourth-order valence-electron chi connectivity index (χ4n) is 3.19. The maximum Gasteiger partial charge on any atom is 0.127 e. The van der Waals surface area contributed by atoms with Crippen LogP contribution in [0.5, 0.6) is 0 Å². The maximum absolute atomic E-state index is 13.9. The molecule has 0 aromatic heterocycles. The molecule has 0 saturated heterocycles. The zero-order valence-corrected chi connectivity index (χ0v) is 13.5. The van der Waals surface area contributed by atoms with Gasteiger partial charge in [-0.1, -0.05) is 36.8 Å². The summed E-state index contributed by atoms with van der Waals surface area (Å²) in [5.41, 5.74) is 4.34. The topological polar surface area (TPSA) is 29.1 Å². The third-order valence-corrected chi connectivity index (χ3v) is 4.43. The molecule has 2 rings (SSSR count). The van der Waals surface area contributed by atoms with Crippen molar-refractivity contribution < 1.29 is 9.18 Å². The lowest BCUT2D eigenvalue weighted by atomic mass is 9.93. The van der Waals surface area contributed by atoms with E-state index in [-0.39, 0.29) is 17.7 Å². The van der Waals surface area contributed by atoms with Crippen LogP contribution in [0, 0.1) is 11.8 Å². The molecule has 0 radical (unpaired) electrons. The van der Waals surface area contributed by atoms with E-state index in [1.54, 1.807) is 6.08 Å². The number of hydrogen-bond donors (Lipinski definition) is 1. The first-order valence-electron chi connectivity index (χ1n) is 7.87. The lowest BCUT2D eigenvalue weighted by Gasteiger charge is -2.20. The zero-order valence-electron chi connectivity index (χ0n) is 13.5. The van der Waals surface area contributed by atoms with Crippen LogP contribution in [0.15, 0.2) is 58.6 Å². The van der Waals surface area contributed by atoms with Crippen LogP contribution in [0.1, 0.15) is 33.1 Å². The Morgan fingerprint density at radius 3 is 2.91 bits per heavy atom.